The van der Waals surface area contributed by atoms with E-state index in [1.165, 1.54) is 6.07 Å². The lowest BCUT2D eigenvalue weighted by Crippen LogP contribution is -2.28. The van der Waals surface area contributed by atoms with Gasteiger partial charge < -0.3 is 15.4 Å². The number of carbonyl (C=O) groups is 1. The van der Waals surface area contributed by atoms with Crippen LogP contribution in [0.5, 0.6) is 5.75 Å². The number of ether oxygens (including phenoxy) is 1. The minimum Gasteiger partial charge on any atom is -0.489 e. The van der Waals surface area contributed by atoms with Gasteiger partial charge >= 0.3 is 0 Å². The molecule has 1 heterocycles. The summed E-state index contributed by atoms with van der Waals surface area (Å²) in [5.74, 6) is -0.835. The van der Waals surface area contributed by atoms with Crippen LogP contribution in [0.2, 0.25) is 0 Å². The van der Waals surface area contributed by atoms with Gasteiger partial charge in [0, 0.05) is 12.5 Å². The Labute approximate surface area is 122 Å². The maximum absolute atomic E-state index is 13.3. The van der Waals surface area contributed by atoms with E-state index in [-0.39, 0.29) is 18.3 Å². The molecule has 1 fully saturated rings. The Kier molecular flexibility index (Phi) is 5.92. The maximum atomic E-state index is 13.3. The van der Waals surface area contributed by atoms with Crippen molar-refractivity contribution in [2.75, 3.05) is 26.2 Å². The van der Waals surface area contributed by atoms with Gasteiger partial charge in [-0.25, -0.2) is 8.78 Å². The average Bonchev–Trinajstić information content (AvgIpc) is 2.96. The van der Waals surface area contributed by atoms with Crippen molar-refractivity contribution < 1.29 is 18.3 Å². The third kappa shape index (κ3) is 5.30. The molecule has 0 bridgehead atoms. The molecule has 1 saturated heterocycles. The molecule has 6 heteroatoms. The molecule has 2 N–H and O–H groups in total. The highest BCUT2D eigenvalue weighted by Gasteiger charge is 2.15. The SMILES string of the molecule is O=C(CCC1CCNC1)NCCOc1ccc(F)cc1F. The molecule has 1 aromatic rings. The zero-order chi connectivity index (χ0) is 15.1. The van der Waals surface area contributed by atoms with Crippen molar-refractivity contribution in [1.82, 2.24) is 10.6 Å². The van der Waals surface area contributed by atoms with Crippen LogP contribution in [0.1, 0.15) is 19.3 Å². The lowest BCUT2D eigenvalue weighted by molar-refractivity contribution is -0.121. The summed E-state index contributed by atoms with van der Waals surface area (Å²) in [5, 5.41) is 5.99. The number of hydrogen-bond donors (Lipinski definition) is 2. The van der Waals surface area contributed by atoms with E-state index in [9.17, 15) is 13.6 Å². The van der Waals surface area contributed by atoms with Crippen molar-refractivity contribution in [1.29, 1.82) is 0 Å². The first kappa shape index (κ1) is 15.7. The van der Waals surface area contributed by atoms with Gasteiger partial charge in [0.2, 0.25) is 5.91 Å². The predicted molar refractivity (Wildman–Crippen MR) is 75.1 cm³/mol. The second-order valence-electron chi connectivity index (χ2n) is 5.17. The molecule has 1 amide bonds. The van der Waals surface area contributed by atoms with Crippen molar-refractivity contribution in [2.45, 2.75) is 19.3 Å². The minimum atomic E-state index is -0.741. The van der Waals surface area contributed by atoms with E-state index in [0.717, 1.165) is 38.1 Å². The van der Waals surface area contributed by atoms with Gasteiger partial charge in [-0.2, -0.15) is 0 Å². The van der Waals surface area contributed by atoms with Gasteiger partial charge in [0.1, 0.15) is 12.4 Å². The van der Waals surface area contributed by atoms with Gasteiger partial charge in [-0.15, -0.1) is 0 Å². The highest BCUT2D eigenvalue weighted by molar-refractivity contribution is 5.75. The average molecular weight is 298 g/mol. The fraction of sp³-hybridized carbons (Fsp3) is 0.533. The fourth-order valence-corrected chi connectivity index (χ4v) is 2.33. The molecule has 1 atom stereocenters. The minimum absolute atomic E-state index is 0.0114. The van der Waals surface area contributed by atoms with Crippen molar-refractivity contribution in [2.24, 2.45) is 5.92 Å². The van der Waals surface area contributed by atoms with Crippen LogP contribution in [0.4, 0.5) is 8.78 Å². The smallest absolute Gasteiger partial charge is 0.220 e. The Bertz CT molecular complexity index is 477. The second kappa shape index (κ2) is 7.93. The van der Waals surface area contributed by atoms with Crippen molar-refractivity contribution in [3.8, 4) is 5.75 Å². The summed E-state index contributed by atoms with van der Waals surface area (Å²) in [6, 6.07) is 3.13. The van der Waals surface area contributed by atoms with E-state index in [1.807, 2.05) is 0 Å². The molecule has 1 aliphatic rings. The van der Waals surface area contributed by atoms with E-state index in [0.29, 0.717) is 18.9 Å². The first-order chi connectivity index (χ1) is 10.1. The number of amides is 1. The quantitative estimate of drug-likeness (QED) is 0.755. The van der Waals surface area contributed by atoms with Crippen LogP contribution in [0.15, 0.2) is 18.2 Å². The van der Waals surface area contributed by atoms with Crippen molar-refractivity contribution >= 4 is 5.91 Å². The first-order valence-corrected chi connectivity index (χ1v) is 7.20. The van der Waals surface area contributed by atoms with Crippen LogP contribution in [-0.4, -0.2) is 32.1 Å². The van der Waals surface area contributed by atoms with E-state index in [4.69, 9.17) is 4.74 Å². The Morgan fingerprint density at radius 1 is 1.43 bits per heavy atom. The molecule has 0 saturated carbocycles. The van der Waals surface area contributed by atoms with Crippen LogP contribution in [0.25, 0.3) is 0 Å². The molecule has 4 nitrogen and oxygen atoms in total. The monoisotopic (exact) mass is 298 g/mol. The molecule has 0 radical (unpaired) electrons. The van der Waals surface area contributed by atoms with Gasteiger partial charge in [-0.05, 0) is 44.0 Å². The Hall–Kier alpha value is -1.69. The molecule has 1 aliphatic heterocycles. The lowest BCUT2D eigenvalue weighted by atomic mass is 10.0. The molecule has 21 heavy (non-hydrogen) atoms. The predicted octanol–water partition coefficient (Wildman–Crippen LogP) is 1.85. The number of hydrogen-bond acceptors (Lipinski definition) is 3. The molecule has 0 spiro atoms. The lowest BCUT2D eigenvalue weighted by Gasteiger charge is -2.10. The van der Waals surface area contributed by atoms with Crippen LogP contribution in [0.3, 0.4) is 0 Å². The largest absolute Gasteiger partial charge is 0.489 e. The van der Waals surface area contributed by atoms with E-state index in [2.05, 4.69) is 10.6 Å². The molecule has 116 valence electrons. The van der Waals surface area contributed by atoms with Gasteiger partial charge in [0.25, 0.3) is 0 Å². The number of nitrogens with one attached hydrogen (secondary N) is 2. The van der Waals surface area contributed by atoms with E-state index >= 15 is 0 Å². The van der Waals surface area contributed by atoms with Crippen molar-refractivity contribution in [3.05, 3.63) is 29.8 Å². The Morgan fingerprint density at radius 2 is 2.29 bits per heavy atom. The third-order valence-corrected chi connectivity index (χ3v) is 3.52. The summed E-state index contributed by atoms with van der Waals surface area (Å²) in [6.07, 6.45) is 2.50. The highest BCUT2D eigenvalue weighted by atomic mass is 19.1. The summed E-state index contributed by atoms with van der Waals surface area (Å²) >= 11 is 0. The van der Waals surface area contributed by atoms with E-state index < -0.39 is 11.6 Å². The molecule has 0 aliphatic carbocycles. The number of halogens is 2. The van der Waals surface area contributed by atoms with Gasteiger partial charge in [-0.1, -0.05) is 0 Å². The van der Waals surface area contributed by atoms with Gasteiger partial charge in [0.05, 0.1) is 6.54 Å². The maximum Gasteiger partial charge on any atom is 0.220 e. The zero-order valence-corrected chi connectivity index (χ0v) is 11.8. The van der Waals surface area contributed by atoms with Crippen LogP contribution < -0.4 is 15.4 Å². The number of rotatable bonds is 7. The Balaban J connectivity index is 1.59. The second-order valence-corrected chi connectivity index (χ2v) is 5.17. The zero-order valence-electron chi connectivity index (χ0n) is 11.8. The highest BCUT2D eigenvalue weighted by Crippen LogP contribution is 2.17. The van der Waals surface area contributed by atoms with Gasteiger partial charge in [0.15, 0.2) is 11.6 Å². The molecule has 0 aromatic heterocycles. The Morgan fingerprint density at radius 3 is 3.00 bits per heavy atom. The summed E-state index contributed by atoms with van der Waals surface area (Å²) in [5.41, 5.74) is 0. The van der Waals surface area contributed by atoms with Crippen LogP contribution in [0, 0.1) is 17.6 Å². The third-order valence-electron chi connectivity index (χ3n) is 3.52. The fourth-order valence-electron chi connectivity index (χ4n) is 2.33. The van der Waals surface area contributed by atoms with E-state index in [1.54, 1.807) is 0 Å². The van der Waals surface area contributed by atoms with Crippen molar-refractivity contribution in [3.63, 3.8) is 0 Å². The molecule has 1 aromatic carbocycles. The summed E-state index contributed by atoms with van der Waals surface area (Å²) in [7, 11) is 0. The van der Waals surface area contributed by atoms with Crippen LogP contribution in [-0.2, 0) is 4.79 Å². The number of carbonyl (C=O) groups excluding carboxylic acids is 1. The number of benzene rings is 1. The molecule has 2 rings (SSSR count). The molecular weight excluding hydrogens is 278 g/mol. The first-order valence-electron chi connectivity index (χ1n) is 7.20. The molecule has 1 unspecified atom stereocenters. The normalized spacial score (nSPS) is 17.7. The topological polar surface area (TPSA) is 50.4 Å². The standard InChI is InChI=1S/C15H20F2N2O2/c16-12-2-3-14(13(17)9-12)21-8-7-19-15(20)4-1-11-5-6-18-10-11/h2-3,9,11,18H,1,4-8,10H2,(H,19,20). The summed E-state index contributed by atoms with van der Waals surface area (Å²) in [4.78, 5) is 11.6. The summed E-state index contributed by atoms with van der Waals surface area (Å²) in [6.45, 7) is 2.47. The van der Waals surface area contributed by atoms with Crippen LogP contribution >= 0.6 is 0 Å². The van der Waals surface area contributed by atoms with Gasteiger partial charge in [-0.3, -0.25) is 4.79 Å². The molecular formula is C15H20F2N2O2. The summed E-state index contributed by atoms with van der Waals surface area (Å²) < 4.78 is 31.1.